The van der Waals surface area contributed by atoms with E-state index in [1.54, 1.807) is 7.11 Å². The second kappa shape index (κ2) is 8.97. The van der Waals surface area contributed by atoms with E-state index in [1.807, 2.05) is 49.5 Å². The van der Waals surface area contributed by atoms with Gasteiger partial charge in [0.15, 0.2) is 5.82 Å². The van der Waals surface area contributed by atoms with Gasteiger partial charge in [-0.1, -0.05) is 60.7 Å². The van der Waals surface area contributed by atoms with Crippen LogP contribution in [0.2, 0.25) is 0 Å². The normalized spacial score (nSPS) is 10.5. The van der Waals surface area contributed by atoms with Crippen molar-refractivity contribution in [3.8, 4) is 11.4 Å². The van der Waals surface area contributed by atoms with Gasteiger partial charge in [-0.25, -0.2) is 9.97 Å². The average Bonchev–Trinajstić information content (AvgIpc) is 2.69. The van der Waals surface area contributed by atoms with Crippen molar-refractivity contribution < 1.29 is 4.74 Å². The molecule has 1 aromatic heterocycles. The molecule has 0 aliphatic carbocycles. The lowest BCUT2D eigenvalue weighted by Gasteiger charge is -2.20. The molecule has 134 valence electrons. The summed E-state index contributed by atoms with van der Waals surface area (Å²) in [7, 11) is 3.74. The average molecular weight is 348 g/mol. The minimum atomic E-state index is 0.625. The molecule has 0 fully saturated rings. The monoisotopic (exact) mass is 348 g/mol. The zero-order valence-corrected chi connectivity index (χ0v) is 15.2. The summed E-state index contributed by atoms with van der Waals surface area (Å²) in [5.74, 6) is 2.39. The standard InChI is InChI=1S/C21H24N4O/c1-25(16-17-9-5-3-6-10-17)20-15-19(22-13-14-26-2)23-21(24-20)18-11-7-4-8-12-18/h3-12,15H,13-14,16H2,1-2H3,(H,22,23,24). The van der Waals surface area contributed by atoms with Crippen LogP contribution in [0.3, 0.4) is 0 Å². The Morgan fingerprint density at radius 3 is 2.35 bits per heavy atom. The third-order valence-corrected chi connectivity index (χ3v) is 4.01. The van der Waals surface area contributed by atoms with Gasteiger partial charge in [0.05, 0.1) is 6.61 Å². The molecule has 1 heterocycles. The van der Waals surface area contributed by atoms with Crippen LogP contribution >= 0.6 is 0 Å². The molecule has 2 aromatic carbocycles. The Labute approximate surface area is 154 Å². The van der Waals surface area contributed by atoms with E-state index in [1.165, 1.54) is 5.56 Å². The highest BCUT2D eigenvalue weighted by Gasteiger charge is 2.10. The topological polar surface area (TPSA) is 50.3 Å². The molecule has 0 saturated heterocycles. The van der Waals surface area contributed by atoms with E-state index < -0.39 is 0 Å². The molecule has 0 radical (unpaired) electrons. The number of anilines is 2. The van der Waals surface area contributed by atoms with Crippen molar-refractivity contribution in [2.24, 2.45) is 0 Å². The third-order valence-electron chi connectivity index (χ3n) is 4.01. The predicted octanol–water partition coefficient (Wildman–Crippen LogP) is 3.84. The molecule has 5 heteroatoms. The summed E-state index contributed by atoms with van der Waals surface area (Å²) in [6.45, 7) is 2.10. The number of benzene rings is 2. The molecule has 0 spiro atoms. The van der Waals surface area contributed by atoms with Gasteiger partial charge in [0.2, 0.25) is 0 Å². The van der Waals surface area contributed by atoms with Gasteiger partial charge in [-0.3, -0.25) is 0 Å². The minimum absolute atomic E-state index is 0.625. The molecule has 3 aromatic rings. The minimum Gasteiger partial charge on any atom is -0.383 e. The van der Waals surface area contributed by atoms with Gasteiger partial charge in [-0.15, -0.1) is 0 Å². The Hall–Kier alpha value is -2.92. The van der Waals surface area contributed by atoms with E-state index >= 15 is 0 Å². The van der Waals surface area contributed by atoms with Crippen molar-refractivity contribution in [3.63, 3.8) is 0 Å². The van der Waals surface area contributed by atoms with Crippen LogP contribution in [0.25, 0.3) is 11.4 Å². The van der Waals surface area contributed by atoms with Crippen LogP contribution < -0.4 is 10.2 Å². The number of nitrogens with zero attached hydrogens (tertiary/aromatic N) is 3. The van der Waals surface area contributed by atoms with Crippen LogP contribution in [0.5, 0.6) is 0 Å². The highest BCUT2D eigenvalue weighted by Crippen LogP contribution is 2.22. The van der Waals surface area contributed by atoms with Gasteiger partial charge in [-0.2, -0.15) is 0 Å². The Balaban J connectivity index is 1.88. The van der Waals surface area contributed by atoms with E-state index in [0.717, 1.165) is 23.7 Å². The van der Waals surface area contributed by atoms with Gasteiger partial charge in [-0.05, 0) is 5.56 Å². The Morgan fingerprint density at radius 1 is 0.962 bits per heavy atom. The van der Waals surface area contributed by atoms with Crippen LogP contribution in [0.15, 0.2) is 66.7 Å². The zero-order valence-electron chi connectivity index (χ0n) is 15.2. The summed E-state index contributed by atoms with van der Waals surface area (Å²) in [5.41, 5.74) is 2.24. The van der Waals surface area contributed by atoms with E-state index in [-0.39, 0.29) is 0 Å². The molecule has 0 aliphatic heterocycles. The maximum atomic E-state index is 5.12. The van der Waals surface area contributed by atoms with E-state index in [9.17, 15) is 0 Å². The van der Waals surface area contributed by atoms with Crippen LogP contribution in [-0.4, -0.2) is 37.3 Å². The number of ether oxygens (including phenoxy) is 1. The summed E-state index contributed by atoms with van der Waals surface area (Å²) in [4.78, 5) is 11.6. The fraction of sp³-hybridized carbons (Fsp3) is 0.238. The van der Waals surface area contributed by atoms with Crippen molar-refractivity contribution in [2.75, 3.05) is 37.5 Å². The lowest BCUT2D eigenvalue weighted by Crippen LogP contribution is -2.19. The predicted molar refractivity (Wildman–Crippen MR) is 106 cm³/mol. The molecule has 0 amide bonds. The summed E-state index contributed by atoms with van der Waals surface area (Å²) in [6.07, 6.45) is 0. The van der Waals surface area contributed by atoms with Crippen molar-refractivity contribution in [1.82, 2.24) is 9.97 Å². The fourth-order valence-corrected chi connectivity index (χ4v) is 2.66. The zero-order chi connectivity index (χ0) is 18.2. The Bertz CT molecular complexity index is 809. The molecule has 26 heavy (non-hydrogen) atoms. The molecular weight excluding hydrogens is 324 g/mol. The molecule has 0 aliphatic rings. The molecule has 0 unspecified atom stereocenters. The summed E-state index contributed by atoms with van der Waals surface area (Å²) in [5, 5.41) is 3.31. The number of methoxy groups -OCH3 is 1. The maximum Gasteiger partial charge on any atom is 0.163 e. The number of rotatable bonds is 8. The molecule has 0 atom stereocenters. The highest BCUT2D eigenvalue weighted by atomic mass is 16.5. The molecule has 0 saturated carbocycles. The Kier molecular flexibility index (Phi) is 6.17. The largest absolute Gasteiger partial charge is 0.383 e. The van der Waals surface area contributed by atoms with Crippen molar-refractivity contribution in [1.29, 1.82) is 0 Å². The van der Waals surface area contributed by atoms with Crippen molar-refractivity contribution >= 4 is 11.6 Å². The second-order valence-corrected chi connectivity index (χ2v) is 6.06. The SMILES string of the molecule is COCCNc1cc(N(C)Cc2ccccc2)nc(-c2ccccc2)n1. The molecule has 5 nitrogen and oxygen atoms in total. The fourth-order valence-electron chi connectivity index (χ4n) is 2.66. The first-order chi connectivity index (χ1) is 12.8. The molecular formula is C21H24N4O. The first-order valence-corrected chi connectivity index (χ1v) is 8.68. The van der Waals surface area contributed by atoms with E-state index in [2.05, 4.69) is 39.5 Å². The number of aromatic nitrogens is 2. The van der Waals surface area contributed by atoms with Crippen molar-refractivity contribution in [2.45, 2.75) is 6.54 Å². The summed E-state index contributed by atoms with van der Waals surface area (Å²) >= 11 is 0. The highest BCUT2D eigenvalue weighted by molar-refractivity contribution is 5.61. The quantitative estimate of drug-likeness (QED) is 0.627. The number of nitrogens with one attached hydrogen (secondary N) is 1. The van der Waals surface area contributed by atoms with Gasteiger partial charge in [0, 0.05) is 38.9 Å². The van der Waals surface area contributed by atoms with Gasteiger partial charge in [0.1, 0.15) is 11.6 Å². The third kappa shape index (κ3) is 4.80. The molecule has 3 rings (SSSR count). The maximum absolute atomic E-state index is 5.12. The summed E-state index contributed by atoms with van der Waals surface area (Å²) < 4.78 is 5.12. The second-order valence-electron chi connectivity index (χ2n) is 6.06. The van der Waals surface area contributed by atoms with Crippen LogP contribution in [0, 0.1) is 0 Å². The lowest BCUT2D eigenvalue weighted by molar-refractivity contribution is 0.210. The van der Waals surface area contributed by atoms with E-state index in [0.29, 0.717) is 19.0 Å². The Morgan fingerprint density at radius 2 is 1.65 bits per heavy atom. The van der Waals surface area contributed by atoms with E-state index in [4.69, 9.17) is 9.72 Å². The first-order valence-electron chi connectivity index (χ1n) is 8.68. The molecule has 1 N–H and O–H groups in total. The van der Waals surface area contributed by atoms with Crippen molar-refractivity contribution in [3.05, 3.63) is 72.3 Å². The summed E-state index contributed by atoms with van der Waals surface area (Å²) in [6, 6.07) is 22.4. The van der Waals surface area contributed by atoms with Crippen LogP contribution in [0.1, 0.15) is 5.56 Å². The smallest absolute Gasteiger partial charge is 0.163 e. The lowest BCUT2D eigenvalue weighted by atomic mass is 10.2. The van der Waals surface area contributed by atoms with Gasteiger partial charge in [0.25, 0.3) is 0 Å². The van der Waals surface area contributed by atoms with Crippen LogP contribution in [0.4, 0.5) is 11.6 Å². The van der Waals surface area contributed by atoms with Gasteiger partial charge < -0.3 is 15.0 Å². The number of hydrogen-bond acceptors (Lipinski definition) is 5. The molecule has 0 bridgehead atoms. The number of hydrogen-bond donors (Lipinski definition) is 1. The van der Waals surface area contributed by atoms with Gasteiger partial charge >= 0.3 is 0 Å². The van der Waals surface area contributed by atoms with Crippen LogP contribution in [-0.2, 0) is 11.3 Å². The first kappa shape index (κ1) is 17.9.